The van der Waals surface area contributed by atoms with Crippen LogP contribution in [0.2, 0.25) is 0 Å². The number of para-hydroxylation sites is 1. The van der Waals surface area contributed by atoms with Gasteiger partial charge in [-0.05, 0) is 124 Å². The summed E-state index contributed by atoms with van der Waals surface area (Å²) in [6, 6.07) is 10.7. The smallest absolute Gasteiger partial charge is 0.353 e. The van der Waals surface area contributed by atoms with Gasteiger partial charge in [-0.1, -0.05) is 23.9 Å². The van der Waals surface area contributed by atoms with Crippen LogP contribution < -0.4 is 10.6 Å². The molecule has 4 bridgehead atoms. The van der Waals surface area contributed by atoms with Crippen molar-refractivity contribution in [1.82, 2.24) is 5.32 Å². The molecule has 1 aliphatic heterocycles. The number of halogens is 3. The maximum absolute atomic E-state index is 13.9. The van der Waals surface area contributed by atoms with E-state index in [0.717, 1.165) is 46.3 Å². The van der Waals surface area contributed by atoms with Gasteiger partial charge in [0, 0.05) is 9.79 Å². The van der Waals surface area contributed by atoms with Crippen molar-refractivity contribution < 1.29 is 13.2 Å². The van der Waals surface area contributed by atoms with Crippen molar-refractivity contribution in [1.29, 1.82) is 0 Å². The first-order valence-electron chi connectivity index (χ1n) is 12.9. The lowest BCUT2D eigenvalue weighted by Gasteiger charge is -2.57. The number of nitrogens with one attached hydrogen (secondary N) is 2. The minimum atomic E-state index is -4.35. The molecule has 5 aliphatic rings. The largest absolute Gasteiger partial charge is 0.416 e. The molecule has 2 nitrogen and oxygen atoms in total. The third-order valence-corrected chi connectivity index (χ3v) is 9.86. The fraction of sp³-hybridized carbons (Fsp3) is 0.571. The highest BCUT2D eigenvalue weighted by molar-refractivity contribution is 7.99. The topological polar surface area (TPSA) is 24.1 Å². The predicted octanol–water partition coefficient (Wildman–Crippen LogP) is 8.04. The van der Waals surface area contributed by atoms with Crippen molar-refractivity contribution in [2.75, 3.05) is 18.4 Å². The Morgan fingerprint density at radius 1 is 0.912 bits per heavy atom. The van der Waals surface area contributed by atoms with Crippen LogP contribution in [0.15, 0.2) is 46.2 Å². The van der Waals surface area contributed by atoms with Crippen LogP contribution in [0.1, 0.15) is 62.5 Å². The number of hydrogen-bond donors (Lipinski definition) is 2. The molecule has 0 aromatic heterocycles. The Kier molecular flexibility index (Phi) is 5.88. The summed E-state index contributed by atoms with van der Waals surface area (Å²) in [4.78, 5) is 1.92. The van der Waals surface area contributed by atoms with Gasteiger partial charge in [-0.25, -0.2) is 0 Å². The monoisotopic (exact) mass is 486 g/mol. The van der Waals surface area contributed by atoms with E-state index in [1.54, 1.807) is 17.8 Å². The molecule has 0 spiro atoms. The molecule has 2 aromatic rings. The molecule has 4 aliphatic carbocycles. The highest BCUT2D eigenvalue weighted by atomic mass is 32.2. The van der Waals surface area contributed by atoms with Gasteiger partial charge in [0.25, 0.3) is 0 Å². The Morgan fingerprint density at radius 2 is 1.62 bits per heavy atom. The van der Waals surface area contributed by atoms with Crippen molar-refractivity contribution in [3.63, 3.8) is 0 Å². The van der Waals surface area contributed by atoms with Crippen LogP contribution in [0.25, 0.3) is 0 Å². The number of hydrogen-bond acceptors (Lipinski definition) is 3. The van der Waals surface area contributed by atoms with E-state index in [0.29, 0.717) is 29.5 Å². The Labute approximate surface area is 204 Å². The number of fused-ring (bicyclic) bond motifs is 2. The van der Waals surface area contributed by atoms with Crippen LogP contribution in [0.3, 0.4) is 0 Å². The summed E-state index contributed by atoms with van der Waals surface area (Å²) in [5, 5.41) is 6.88. The van der Waals surface area contributed by atoms with Crippen LogP contribution in [0.5, 0.6) is 0 Å². The molecular weight excluding hydrogens is 453 g/mol. The summed E-state index contributed by atoms with van der Waals surface area (Å²) < 4.78 is 41.6. The van der Waals surface area contributed by atoms with E-state index in [-0.39, 0.29) is 0 Å². The van der Waals surface area contributed by atoms with Crippen molar-refractivity contribution in [2.24, 2.45) is 23.2 Å². The molecule has 0 saturated heterocycles. The Balaban J connectivity index is 1.08. The van der Waals surface area contributed by atoms with Gasteiger partial charge in [0.2, 0.25) is 0 Å². The van der Waals surface area contributed by atoms with Gasteiger partial charge < -0.3 is 10.6 Å². The SMILES string of the molecule is FC(F)(F)c1ccc2c(c1CCCNCCC13CC4CC(CC(C4)C1)C3)Nc1ccccc1S2. The second-order valence-corrected chi connectivity index (χ2v) is 12.3. The molecule has 2 N–H and O–H groups in total. The molecule has 0 atom stereocenters. The summed E-state index contributed by atoms with van der Waals surface area (Å²) in [5.41, 5.74) is 1.96. The minimum absolute atomic E-state index is 0.398. The van der Waals surface area contributed by atoms with Crippen LogP contribution in [-0.4, -0.2) is 13.1 Å². The third-order valence-electron chi connectivity index (χ3n) is 8.72. The number of benzene rings is 2. The molecular formula is C28H33F3N2S. The Morgan fingerprint density at radius 3 is 2.32 bits per heavy atom. The first-order valence-corrected chi connectivity index (χ1v) is 13.7. The van der Waals surface area contributed by atoms with E-state index < -0.39 is 11.7 Å². The second-order valence-electron chi connectivity index (χ2n) is 11.2. The molecule has 34 heavy (non-hydrogen) atoms. The summed E-state index contributed by atoms with van der Waals surface area (Å²) in [6.07, 6.45) is 6.64. The van der Waals surface area contributed by atoms with Crippen LogP contribution in [0, 0.1) is 23.2 Å². The molecule has 4 saturated carbocycles. The lowest BCUT2D eigenvalue weighted by molar-refractivity contribution is -0.138. The average molecular weight is 487 g/mol. The Bertz CT molecular complexity index is 1030. The highest BCUT2D eigenvalue weighted by Crippen LogP contribution is 2.61. The van der Waals surface area contributed by atoms with E-state index >= 15 is 0 Å². The van der Waals surface area contributed by atoms with Crippen molar-refractivity contribution in [3.05, 3.63) is 47.5 Å². The van der Waals surface area contributed by atoms with Crippen LogP contribution in [0.4, 0.5) is 24.5 Å². The van der Waals surface area contributed by atoms with Gasteiger partial charge >= 0.3 is 6.18 Å². The molecule has 0 amide bonds. The van der Waals surface area contributed by atoms with Crippen LogP contribution >= 0.6 is 11.8 Å². The summed E-state index contributed by atoms with van der Waals surface area (Å²) in [5.74, 6) is 2.89. The van der Waals surface area contributed by atoms with Gasteiger partial charge in [-0.15, -0.1) is 0 Å². The fourth-order valence-corrected chi connectivity index (χ4v) is 8.78. The van der Waals surface area contributed by atoms with E-state index in [4.69, 9.17) is 0 Å². The summed E-state index contributed by atoms with van der Waals surface area (Å²) >= 11 is 1.54. The molecule has 182 valence electrons. The van der Waals surface area contributed by atoms with Gasteiger partial charge in [0.1, 0.15) is 0 Å². The van der Waals surface area contributed by atoms with E-state index in [1.807, 2.05) is 24.3 Å². The maximum Gasteiger partial charge on any atom is 0.416 e. The average Bonchev–Trinajstić information content (AvgIpc) is 2.78. The zero-order valence-electron chi connectivity index (χ0n) is 19.5. The zero-order valence-corrected chi connectivity index (χ0v) is 20.3. The molecule has 7 rings (SSSR count). The van der Waals surface area contributed by atoms with Crippen molar-refractivity contribution in [2.45, 2.75) is 73.8 Å². The molecule has 0 unspecified atom stereocenters. The van der Waals surface area contributed by atoms with Gasteiger partial charge in [0.05, 0.1) is 16.9 Å². The lowest BCUT2D eigenvalue weighted by Crippen LogP contribution is -2.47. The van der Waals surface area contributed by atoms with Gasteiger partial charge in [-0.2, -0.15) is 13.2 Å². The summed E-state index contributed by atoms with van der Waals surface area (Å²) in [7, 11) is 0. The molecule has 1 heterocycles. The molecule has 4 fully saturated rings. The van der Waals surface area contributed by atoms with E-state index in [1.165, 1.54) is 51.0 Å². The first-order chi connectivity index (χ1) is 16.4. The van der Waals surface area contributed by atoms with Gasteiger partial charge in [-0.3, -0.25) is 0 Å². The zero-order chi connectivity index (χ0) is 23.3. The summed E-state index contributed by atoms with van der Waals surface area (Å²) in [6.45, 7) is 1.75. The number of alkyl halides is 3. The number of rotatable bonds is 7. The van der Waals surface area contributed by atoms with Crippen molar-refractivity contribution in [3.8, 4) is 0 Å². The Hall–Kier alpha value is -1.66. The molecule has 0 radical (unpaired) electrons. The predicted molar refractivity (Wildman–Crippen MR) is 132 cm³/mol. The van der Waals surface area contributed by atoms with Crippen LogP contribution in [-0.2, 0) is 12.6 Å². The highest BCUT2D eigenvalue weighted by Gasteiger charge is 2.50. The van der Waals surface area contributed by atoms with Gasteiger partial charge in [0.15, 0.2) is 0 Å². The second kappa shape index (κ2) is 8.77. The quantitative estimate of drug-likeness (QED) is 0.331. The maximum atomic E-state index is 13.9. The van der Waals surface area contributed by atoms with E-state index in [2.05, 4.69) is 10.6 Å². The number of anilines is 2. The van der Waals surface area contributed by atoms with E-state index in [9.17, 15) is 13.2 Å². The molecule has 6 heteroatoms. The standard InChI is InChI=1S/C28H33F3N2S/c29-28(30,31)22-7-8-25-26(33-23-5-1-2-6-24(23)34-25)21(22)4-3-10-32-11-9-27-15-18-12-19(16-27)14-20(13-18)17-27/h1-2,5-8,18-20,32-33H,3-4,9-17H2. The minimum Gasteiger partial charge on any atom is -0.353 e. The normalized spacial score (nSPS) is 29.0. The lowest BCUT2D eigenvalue weighted by atomic mass is 9.49. The van der Waals surface area contributed by atoms with Crippen molar-refractivity contribution >= 4 is 23.1 Å². The fourth-order valence-electron chi connectivity index (χ4n) is 7.75. The first kappa shape index (κ1) is 22.8. The molecule has 2 aromatic carbocycles. The third kappa shape index (κ3) is 4.37.